The van der Waals surface area contributed by atoms with Gasteiger partial charge in [0.15, 0.2) is 10.6 Å². The fraction of sp³-hybridized carbons (Fsp3) is 0.391. The largest absolute Gasteiger partial charge is 0.494 e. The molecule has 0 N–H and O–H groups in total. The normalized spacial score (nSPS) is 17.0. The number of rotatable bonds is 7. The van der Waals surface area contributed by atoms with Gasteiger partial charge in [-0.2, -0.15) is 5.10 Å². The summed E-state index contributed by atoms with van der Waals surface area (Å²) in [5, 5.41) is 4.89. The molecule has 6 heteroatoms. The molecule has 3 aromatic rings. The SMILES string of the molecule is CCOc1ccc([C@H]2CCCN2Cn2nc(-c3ccccc3)n(CC)c2=S)cc1. The highest BCUT2D eigenvalue weighted by Crippen LogP contribution is 2.33. The van der Waals surface area contributed by atoms with Gasteiger partial charge in [-0.05, 0) is 56.6 Å². The minimum absolute atomic E-state index is 0.388. The Kier molecular flexibility index (Phi) is 6.11. The van der Waals surface area contributed by atoms with Gasteiger partial charge in [0.1, 0.15) is 5.75 Å². The van der Waals surface area contributed by atoms with E-state index in [1.165, 1.54) is 12.0 Å². The van der Waals surface area contributed by atoms with E-state index in [-0.39, 0.29) is 0 Å². The summed E-state index contributed by atoms with van der Waals surface area (Å²) in [5.74, 6) is 1.87. The quantitative estimate of drug-likeness (QED) is 0.497. The van der Waals surface area contributed by atoms with Crippen molar-refractivity contribution in [1.82, 2.24) is 19.2 Å². The first-order valence-electron chi connectivity index (χ1n) is 10.4. The minimum atomic E-state index is 0.388. The first kappa shape index (κ1) is 19.9. The molecular formula is C23H28N4OS. The molecule has 0 saturated carbocycles. The van der Waals surface area contributed by atoms with Crippen molar-refractivity contribution >= 4 is 12.2 Å². The predicted octanol–water partition coefficient (Wildman–Crippen LogP) is 5.29. The lowest BCUT2D eigenvalue weighted by molar-refractivity contribution is 0.189. The molecular weight excluding hydrogens is 380 g/mol. The van der Waals surface area contributed by atoms with E-state index in [0.29, 0.717) is 19.3 Å². The number of ether oxygens (including phenoxy) is 1. The number of likely N-dealkylation sites (tertiary alicyclic amines) is 1. The zero-order chi connectivity index (χ0) is 20.2. The summed E-state index contributed by atoms with van der Waals surface area (Å²) in [4.78, 5) is 2.48. The molecule has 1 atom stereocenters. The summed E-state index contributed by atoms with van der Waals surface area (Å²) in [7, 11) is 0. The highest BCUT2D eigenvalue weighted by atomic mass is 32.1. The zero-order valence-corrected chi connectivity index (χ0v) is 17.9. The third-order valence-corrected chi connectivity index (χ3v) is 5.96. The summed E-state index contributed by atoms with van der Waals surface area (Å²) in [6.07, 6.45) is 2.34. The Morgan fingerprint density at radius 1 is 1.07 bits per heavy atom. The van der Waals surface area contributed by atoms with E-state index >= 15 is 0 Å². The van der Waals surface area contributed by atoms with Crippen molar-refractivity contribution in [3.05, 3.63) is 64.9 Å². The van der Waals surface area contributed by atoms with Crippen LogP contribution in [0.25, 0.3) is 11.4 Å². The molecule has 1 aliphatic rings. The Hall–Kier alpha value is -2.44. The van der Waals surface area contributed by atoms with E-state index in [1.807, 2.05) is 29.8 Å². The van der Waals surface area contributed by atoms with Crippen molar-refractivity contribution in [3.63, 3.8) is 0 Å². The summed E-state index contributed by atoms with van der Waals surface area (Å²) >= 11 is 5.77. The molecule has 29 heavy (non-hydrogen) atoms. The molecule has 152 valence electrons. The molecule has 4 rings (SSSR count). The highest BCUT2D eigenvalue weighted by molar-refractivity contribution is 7.71. The smallest absolute Gasteiger partial charge is 0.199 e. The van der Waals surface area contributed by atoms with Gasteiger partial charge in [-0.15, -0.1) is 0 Å². The first-order chi connectivity index (χ1) is 14.2. The maximum absolute atomic E-state index is 5.77. The van der Waals surface area contributed by atoms with Crippen LogP contribution in [0, 0.1) is 4.77 Å². The Balaban J connectivity index is 1.58. The van der Waals surface area contributed by atoms with E-state index in [0.717, 1.165) is 41.4 Å². The standard InChI is InChI=1S/C23H28N4OS/c1-3-26-22(19-9-6-5-7-10-19)24-27(23(26)29)17-25-16-8-11-21(25)18-12-14-20(15-13-18)28-4-2/h5-7,9-10,12-15,21H,3-4,8,11,16-17H2,1-2H3/t21-/m1/s1. The molecule has 0 unspecified atom stereocenters. The van der Waals surface area contributed by atoms with Crippen molar-refractivity contribution in [2.24, 2.45) is 0 Å². The number of hydrogen-bond donors (Lipinski definition) is 0. The van der Waals surface area contributed by atoms with Crippen LogP contribution in [-0.2, 0) is 13.2 Å². The molecule has 1 saturated heterocycles. The van der Waals surface area contributed by atoms with Crippen molar-refractivity contribution < 1.29 is 4.74 Å². The number of hydrogen-bond acceptors (Lipinski definition) is 4. The van der Waals surface area contributed by atoms with Crippen LogP contribution < -0.4 is 4.74 Å². The Bertz CT molecular complexity index is 994. The lowest BCUT2D eigenvalue weighted by Gasteiger charge is -2.24. The summed E-state index contributed by atoms with van der Waals surface area (Å²) in [6.45, 7) is 7.40. The van der Waals surface area contributed by atoms with Gasteiger partial charge >= 0.3 is 0 Å². The number of aromatic nitrogens is 3. The molecule has 0 amide bonds. The molecule has 1 aromatic heterocycles. The van der Waals surface area contributed by atoms with Crippen molar-refractivity contribution in [1.29, 1.82) is 0 Å². The van der Waals surface area contributed by atoms with Crippen LogP contribution in [0.3, 0.4) is 0 Å². The summed E-state index contributed by atoms with van der Waals surface area (Å²) in [6, 6.07) is 19.2. The maximum atomic E-state index is 5.77. The van der Waals surface area contributed by atoms with Gasteiger partial charge in [0.05, 0.1) is 13.3 Å². The third-order valence-electron chi connectivity index (χ3n) is 5.53. The van der Waals surface area contributed by atoms with Crippen LogP contribution >= 0.6 is 12.2 Å². The molecule has 0 radical (unpaired) electrons. The second kappa shape index (κ2) is 8.93. The molecule has 5 nitrogen and oxygen atoms in total. The van der Waals surface area contributed by atoms with E-state index in [4.69, 9.17) is 22.1 Å². The van der Waals surface area contributed by atoms with E-state index in [2.05, 4.69) is 52.8 Å². The van der Waals surface area contributed by atoms with Gasteiger partial charge in [0.25, 0.3) is 0 Å². The minimum Gasteiger partial charge on any atom is -0.494 e. The number of benzene rings is 2. The summed E-state index contributed by atoms with van der Waals surface area (Å²) < 4.78 is 10.5. The van der Waals surface area contributed by atoms with Gasteiger partial charge in [-0.25, -0.2) is 4.68 Å². The van der Waals surface area contributed by atoms with Gasteiger partial charge < -0.3 is 9.30 Å². The average Bonchev–Trinajstić information content (AvgIpc) is 3.34. The molecule has 0 bridgehead atoms. The summed E-state index contributed by atoms with van der Waals surface area (Å²) in [5.41, 5.74) is 2.43. The van der Waals surface area contributed by atoms with Crippen LogP contribution in [0.4, 0.5) is 0 Å². The van der Waals surface area contributed by atoms with Crippen molar-refractivity contribution in [3.8, 4) is 17.1 Å². The monoisotopic (exact) mass is 408 g/mol. The fourth-order valence-corrected chi connectivity index (χ4v) is 4.43. The lowest BCUT2D eigenvalue weighted by Crippen LogP contribution is -2.27. The zero-order valence-electron chi connectivity index (χ0n) is 17.1. The van der Waals surface area contributed by atoms with E-state index in [9.17, 15) is 0 Å². The Morgan fingerprint density at radius 2 is 1.83 bits per heavy atom. The van der Waals surface area contributed by atoms with Crippen LogP contribution in [0.2, 0.25) is 0 Å². The molecule has 2 heterocycles. The van der Waals surface area contributed by atoms with E-state index in [1.54, 1.807) is 0 Å². The number of nitrogens with zero attached hydrogens (tertiary/aromatic N) is 4. The molecule has 0 spiro atoms. The van der Waals surface area contributed by atoms with Crippen LogP contribution in [-0.4, -0.2) is 32.4 Å². The lowest BCUT2D eigenvalue weighted by atomic mass is 10.0. The van der Waals surface area contributed by atoms with Crippen molar-refractivity contribution in [2.75, 3.05) is 13.2 Å². The van der Waals surface area contributed by atoms with Crippen LogP contribution in [0.5, 0.6) is 5.75 Å². The van der Waals surface area contributed by atoms with Crippen molar-refractivity contribution in [2.45, 2.75) is 45.9 Å². The second-order valence-electron chi connectivity index (χ2n) is 7.33. The van der Waals surface area contributed by atoms with Gasteiger partial charge in [0.2, 0.25) is 0 Å². The topological polar surface area (TPSA) is 35.2 Å². The fourth-order valence-electron chi connectivity index (χ4n) is 4.12. The van der Waals surface area contributed by atoms with Gasteiger partial charge in [0, 0.05) is 24.7 Å². The maximum Gasteiger partial charge on any atom is 0.199 e. The highest BCUT2D eigenvalue weighted by Gasteiger charge is 2.27. The molecule has 0 aliphatic carbocycles. The average molecular weight is 409 g/mol. The third kappa shape index (κ3) is 4.14. The van der Waals surface area contributed by atoms with Gasteiger partial charge in [-0.3, -0.25) is 4.90 Å². The van der Waals surface area contributed by atoms with Crippen LogP contribution in [0.1, 0.15) is 38.3 Å². The Morgan fingerprint density at radius 3 is 2.52 bits per heavy atom. The molecule has 1 aliphatic heterocycles. The van der Waals surface area contributed by atoms with Gasteiger partial charge in [-0.1, -0.05) is 42.5 Å². The van der Waals surface area contributed by atoms with Crippen LogP contribution in [0.15, 0.2) is 54.6 Å². The molecule has 2 aromatic carbocycles. The molecule has 1 fully saturated rings. The predicted molar refractivity (Wildman–Crippen MR) is 118 cm³/mol. The second-order valence-corrected chi connectivity index (χ2v) is 7.70. The Labute approximate surface area is 177 Å². The van der Waals surface area contributed by atoms with E-state index < -0.39 is 0 Å². The first-order valence-corrected chi connectivity index (χ1v) is 10.8.